The topological polar surface area (TPSA) is 69.8 Å². The van der Waals surface area contributed by atoms with Crippen LogP contribution in [0.25, 0.3) is 0 Å². The molecule has 1 aromatic carbocycles. The third-order valence-electron chi connectivity index (χ3n) is 3.30. The molecule has 0 atom stereocenters. The third kappa shape index (κ3) is 2.70. The van der Waals surface area contributed by atoms with E-state index in [0.717, 1.165) is 30.8 Å². The molecule has 1 aromatic heterocycles. The van der Waals surface area contributed by atoms with Crippen LogP contribution in [0.3, 0.4) is 0 Å². The highest BCUT2D eigenvalue weighted by Gasteiger charge is 2.14. The van der Waals surface area contributed by atoms with Gasteiger partial charge in [-0.1, -0.05) is 0 Å². The van der Waals surface area contributed by atoms with E-state index in [4.69, 9.17) is 0 Å². The van der Waals surface area contributed by atoms with Crippen LogP contribution in [0.1, 0.15) is 11.3 Å². The number of aromatic nitrogens is 2. The van der Waals surface area contributed by atoms with Crippen LogP contribution in [0.5, 0.6) is 0 Å². The van der Waals surface area contributed by atoms with Gasteiger partial charge in [-0.05, 0) is 37.2 Å². The molecule has 2 heterocycles. The second-order valence-corrected chi connectivity index (χ2v) is 4.72. The van der Waals surface area contributed by atoms with Crippen molar-refractivity contribution in [3.05, 3.63) is 51.7 Å². The molecule has 1 aliphatic rings. The van der Waals surface area contributed by atoms with Crippen LogP contribution in [-0.4, -0.2) is 23.1 Å². The minimum atomic E-state index is -0.301. The summed E-state index contributed by atoms with van der Waals surface area (Å²) in [6.07, 6.45) is 1.42. The van der Waals surface area contributed by atoms with Gasteiger partial charge in [-0.2, -0.15) is 0 Å². The Hall–Kier alpha value is -2.21. The van der Waals surface area contributed by atoms with Crippen molar-refractivity contribution in [1.82, 2.24) is 15.3 Å². The number of nitrogens with one attached hydrogen (secondary N) is 3. The Morgan fingerprint density at radius 2 is 1.90 bits per heavy atom. The number of aromatic amines is 1. The number of fused-ring (bicyclic) bond motifs is 1. The molecule has 5 nitrogen and oxygen atoms in total. The van der Waals surface area contributed by atoms with Gasteiger partial charge in [0.05, 0.1) is 5.69 Å². The summed E-state index contributed by atoms with van der Waals surface area (Å²) < 4.78 is 12.9. The number of H-pyrrole nitrogens is 1. The third-order valence-corrected chi connectivity index (χ3v) is 3.30. The van der Waals surface area contributed by atoms with Crippen LogP contribution in [0.2, 0.25) is 0 Å². The predicted octanol–water partition coefficient (Wildman–Crippen LogP) is 1.34. The quantitative estimate of drug-likeness (QED) is 0.773. The first-order valence-corrected chi connectivity index (χ1v) is 6.58. The molecule has 3 N–H and O–H groups in total. The molecule has 6 heteroatoms. The van der Waals surface area contributed by atoms with Crippen LogP contribution in [0, 0.1) is 5.82 Å². The lowest BCUT2D eigenvalue weighted by Gasteiger charge is -2.09. The van der Waals surface area contributed by atoms with Crippen molar-refractivity contribution >= 4 is 11.6 Å². The highest BCUT2D eigenvalue weighted by atomic mass is 19.1. The van der Waals surface area contributed by atoms with E-state index in [1.54, 1.807) is 12.1 Å². The second kappa shape index (κ2) is 5.42. The number of benzene rings is 1. The zero-order valence-electron chi connectivity index (χ0n) is 10.9. The SMILES string of the molecule is O=c1[nH]c(Nc2ccc(F)cc2)nc2c1CCNCC2. The van der Waals surface area contributed by atoms with Crippen LogP contribution < -0.4 is 16.2 Å². The van der Waals surface area contributed by atoms with Crippen molar-refractivity contribution in [2.75, 3.05) is 18.4 Å². The molecule has 0 saturated heterocycles. The van der Waals surface area contributed by atoms with E-state index in [-0.39, 0.29) is 11.4 Å². The average molecular weight is 274 g/mol. The first-order valence-electron chi connectivity index (χ1n) is 6.58. The second-order valence-electron chi connectivity index (χ2n) is 4.72. The standard InChI is InChI=1S/C14H15FN4O/c15-9-1-3-10(4-2-9)17-14-18-12-6-8-16-7-5-11(12)13(20)19-14/h1-4,16H,5-8H2,(H2,17,18,19,20). The summed E-state index contributed by atoms with van der Waals surface area (Å²) in [6, 6.07) is 5.91. The smallest absolute Gasteiger partial charge is 0.255 e. The number of hydrogen-bond donors (Lipinski definition) is 3. The summed E-state index contributed by atoms with van der Waals surface area (Å²) >= 11 is 0. The molecule has 0 fully saturated rings. The molecule has 0 spiro atoms. The fourth-order valence-electron chi connectivity index (χ4n) is 2.28. The Morgan fingerprint density at radius 3 is 2.70 bits per heavy atom. The molecular formula is C14H15FN4O. The van der Waals surface area contributed by atoms with Crippen LogP contribution in [0.15, 0.2) is 29.1 Å². The Morgan fingerprint density at radius 1 is 1.15 bits per heavy atom. The van der Waals surface area contributed by atoms with Gasteiger partial charge in [-0.3, -0.25) is 9.78 Å². The summed E-state index contributed by atoms with van der Waals surface area (Å²) in [5.41, 5.74) is 2.15. The maximum absolute atomic E-state index is 12.9. The van der Waals surface area contributed by atoms with E-state index in [1.165, 1.54) is 12.1 Å². The van der Waals surface area contributed by atoms with Crippen LogP contribution >= 0.6 is 0 Å². The van der Waals surface area contributed by atoms with Gasteiger partial charge < -0.3 is 10.6 Å². The molecule has 0 unspecified atom stereocenters. The molecule has 2 aromatic rings. The van der Waals surface area contributed by atoms with Crippen molar-refractivity contribution < 1.29 is 4.39 Å². The van der Waals surface area contributed by atoms with E-state index < -0.39 is 0 Å². The minimum Gasteiger partial charge on any atom is -0.326 e. The van der Waals surface area contributed by atoms with Crippen molar-refractivity contribution in [2.45, 2.75) is 12.8 Å². The molecule has 0 saturated carbocycles. The van der Waals surface area contributed by atoms with Crippen molar-refractivity contribution in [3.63, 3.8) is 0 Å². The maximum atomic E-state index is 12.9. The molecule has 1 aliphatic heterocycles. The maximum Gasteiger partial charge on any atom is 0.255 e. The van der Waals surface area contributed by atoms with Crippen molar-refractivity contribution in [1.29, 1.82) is 0 Å². The zero-order valence-corrected chi connectivity index (χ0v) is 10.9. The minimum absolute atomic E-state index is 0.108. The Labute approximate surface area is 115 Å². The van der Waals surface area contributed by atoms with E-state index >= 15 is 0 Å². The molecule has 0 radical (unpaired) electrons. The first-order chi connectivity index (χ1) is 9.72. The lowest BCUT2D eigenvalue weighted by Crippen LogP contribution is -2.20. The average Bonchev–Trinajstić information content (AvgIpc) is 2.67. The molecule has 3 rings (SSSR count). The van der Waals surface area contributed by atoms with Crippen molar-refractivity contribution in [3.8, 4) is 0 Å². The predicted molar refractivity (Wildman–Crippen MR) is 74.8 cm³/mol. The molecule has 0 amide bonds. The fourth-order valence-corrected chi connectivity index (χ4v) is 2.28. The van der Waals surface area contributed by atoms with Crippen LogP contribution in [-0.2, 0) is 12.8 Å². The summed E-state index contributed by atoms with van der Waals surface area (Å²) in [5.74, 6) is 0.0901. The first kappa shape index (κ1) is 12.8. The zero-order chi connectivity index (χ0) is 13.9. The monoisotopic (exact) mass is 274 g/mol. The van der Waals surface area contributed by atoms with E-state index in [9.17, 15) is 9.18 Å². The van der Waals surface area contributed by atoms with Gasteiger partial charge in [-0.15, -0.1) is 0 Å². The highest BCUT2D eigenvalue weighted by molar-refractivity contribution is 5.53. The Bertz CT molecular complexity index is 666. The van der Waals surface area contributed by atoms with Crippen LogP contribution in [0.4, 0.5) is 16.0 Å². The Balaban J connectivity index is 1.91. The summed E-state index contributed by atoms with van der Waals surface area (Å²) in [4.78, 5) is 19.2. The number of halogens is 1. The molecular weight excluding hydrogens is 259 g/mol. The molecule has 20 heavy (non-hydrogen) atoms. The van der Waals surface area contributed by atoms with Crippen molar-refractivity contribution in [2.24, 2.45) is 0 Å². The molecule has 0 bridgehead atoms. The van der Waals surface area contributed by atoms with E-state index in [0.29, 0.717) is 18.1 Å². The summed E-state index contributed by atoms with van der Waals surface area (Å²) in [5, 5.41) is 6.23. The normalized spacial score (nSPS) is 14.4. The lowest BCUT2D eigenvalue weighted by atomic mass is 10.1. The molecule has 104 valence electrons. The highest BCUT2D eigenvalue weighted by Crippen LogP contribution is 2.14. The van der Waals surface area contributed by atoms with E-state index in [1.807, 2.05) is 0 Å². The van der Waals surface area contributed by atoms with Gasteiger partial charge in [0.25, 0.3) is 5.56 Å². The van der Waals surface area contributed by atoms with Gasteiger partial charge in [-0.25, -0.2) is 9.37 Å². The van der Waals surface area contributed by atoms with Gasteiger partial charge in [0.15, 0.2) is 0 Å². The van der Waals surface area contributed by atoms with E-state index in [2.05, 4.69) is 20.6 Å². The number of anilines is 2. The number of rotatable bonds is 2. The fraction of sp³-hybridized carbons (Fsp3) is 0.286. The van der Waals surface area contributed by atoms with Gasteiger partial charge in [0, 0.05) is 24.2 Å². The summed E-state index contributed by atoms with van der Waals surface area (Å²) in [7, 11) is 0. The Kier molecular flexibility index (Phi) is 3.47. The number of hydrogen-bond acceptors (Lipinski definition) is 4. The number of nitrogens with zero attached hydrogens (tertiary/aromatic N) is 1. The lowest BCUT2D eigenvalue weighted by molar-refractivity contribution is 0.628. The summed E-state index contributed by atoms with van der Waals surface area (Å²) in [6.45, 7) is 1.61. The van der Waals surface area contributed by atoms with Gasteiger partial charge in [0.2, 0.25) is 5.95 Å². The largest absolute Gasteiger partial charge is 0.326 e. The van der Waals surface area contributed by atoms with Gasteiger partial charge >= 0.3 is 0 Å². The molecule has 0 aliphatic carbocycles. The van der Waals surface area contributed by atoms with Gasteiger partial charge in [0.1, 0.15) is 5.82 Å².